The SMILES string of the molecule is [C-]#[N+]c1c(-c2ccccc2)c(-n2c3ccccc3c3ccc4c5ccc(C)cc5sc4c32)c(-c2ccccc2)c(C#N)c1-n1c2c(ccc3c4ccccc4sc32)c2ccc3c4ccccc4sc3c21. The standard InChI is InChI=1S/C63H34N4S3/c1-35-25-26-41-47-30-27-42-38-19-9-12-22-49(38)66(57(42)61(47)70-52(41)33-35)60-53(36-15-5-3-6-16-36)48(34-64)56(55(65-2)54(60)37-17-7-4-8-18-37)67-58-43(28-31-45-39-20-10-13-23-50(39)68-62(45)58)44-29-32-46-40-21-11-14-24-51(40)69-63(46)59(44)67/h3-33H,1H3. The van der Waals surface area contributed by atoms with Crippen LogP contribution in [0.1, 0.15) is 11.1 Å². The van der Waals surface area contributed by atoms with Gasteiger partial charge in [-0.25, -0.2) is 4.85 Å². The molecule has 0 unspecified atom stereocenters. The van der Waals surface area contributed by atoms with Crippen LogP contribution in [0.25, 0.3) is 143 Å². The van der Waals surface area contributed by atoms with Crippen molar-refractivity contribution >= 4 is 144 Å². The molecule has 15 rings (SSSR count). The number of benzene rings is 10. The third kappa shape index (κ3) is 5.26. The van der Waals surface area contributed by atoms with Gasteiger partial charge in [-0.2, -0.15) is 5.26 Å². The van der Waals surface area contributed by atoms with Gasteiger partial charge in [0.05, 0.1) is 59.7 Å². The average molecular weight is 943 g/mol. The van der Waals surface area contributed by atoms with E-state index in [1.54, 1.807) is 22.7 Å². The largest absolute Gasteiger partial charge is 0.315 e. The third-order valence-electron chi connectivity index (χ3n) is 14.4. The van der Waals surface area contributed by atoms with Crippen LogP contribution in [0.4, 0.5) is 5.69 Å². The fourth-order valence-electron chi connectivity index (χ4n) is 11.5. The number of nitrogens with zero attached hydrogens (tertiary/aromatic N) is 4. The Balaban J connectivity index is 1.23. The van der Waals surface area contributed by atoms with Gasteiger partial charge in [0.1, 0.15) is 6.07 Å². The van der Waals surface area contributed by atoms with E-state index in [1.165, 1.54) is 45.9 Å². The third-order valence-corrected chi connectivity index (χ3v) is 18.0. The molecule has 0 bridgehead atoms. The number of rotatable bonds is 4. The van der Waals surface area contributed by atoms with Crippen molar-refractivity contribution in [2.75, 3.05) is 0 Å². The smallest absolute Gasteiger partial charge is 0.221 e. The summed E-state index contributed by atoms with van der Waals surface area (Å²) in [4.78, 5) is 4.72. The summed E-state index contributed by atoms with van der Waals surface area (Å²) in [6.07, 6.45) is 0. The molecule has 0 atom stereocenters. The van der Waals surface area contributed by atoms with Gasteiger partial charge in [0.25, 0.3) is 0 Å². The monoisotopic (exact) mass is 942 g/mol. The predicted octanol–water partition coefficient (Wildman–Crippen LogP) is 19.0. The predicted molar refractivity (Wildman–Crippen MR) is 300 cm³/mol. The molecule has 7 heteroatoms. The zero-order valence-electron chi connectivity index (χ0n) is 37.4. The van der Waals surface area contributed by atoms with Crippen LogP contribution in [-0.4, -0.2) is 9.13 Å². The first-order chi connectivity index (χ1) is 34.6. The number of hydrogen-bond acceptors (Lipinski definition) is 4. The fourth-order valence-corrected chi connectivity index (χ4v) is 15.3. The second-order valence-electron chi connectivity index (χ2n) is 18.1. The van der Waals surface area contributed by atoms with E-state index >= 15 is 0 Å². The Morgan fingerprint density at radius 2 is 0.871 bits per heavy atom. The molecule has 0 saturated heterocycles. The molecule has 0 spiro atoms. The van der Waals surface area contributed by atoms with Gasteiger partial charge in [-0.3, -0.25) is 0 Å². The molecule has 0 radical (unpaired) electrons. The molecule has 10 aromatic carbocycles. The first-order valence-electron chi connectivity index (χ1n) is 23.3. The van der Waals surface area contributed by atoms with Crippen molar-refractivity contribution in [1.29, 1.82) is 5.26 Å². The highest BCUT2D eigenvalue weighted by Gasteiger charge is 2.33. The fraction of sp³-hybridized carbons (Fsp3) is 0.0159. The summed E-state index contributed by atoms with van der Waals surface area (Å²) >= 11 is 5.37. The van der Waals surface area contributed by atoms with Crippen LogP contribution in [-0.2, 0) is 0 Å². The summed E-state index contributed by atoms with van der Waals surface area (Å²) in [5, 5.41) is 23.8. The molecule has 0 aliphatic heterocycles. The highest BCUT2D eigenvalue weighted by atomic mass is 32.1. The highest BCUT2D eigenvalue weighted by Crippen LogP contribution is 2.55. The molecule has 70 heavy (non-hydrogen) atoms. The van der Waals surface area contributed by atoms with Crippen LogP contribution >= 0.6 is 34.0 Å². The van der Waals surface area contributed by atoms with Crippen LogP contribution in [0.5, 0.6) is 0 Å². The van der Waals surface area contributed by atoms with Crippen molar-refractivity contribution in [3.05, 3.63) is 211 Å². The van der Waals surface area contributed by atoms with E-state index in [0.29, 0.717) is 16.9 Å². The number of aryl methyl sites for hydroxylation is 1. The quantitative estimate of drug-likeness (QED) is 0.162. The maximum absolute atomic E-state index is 12.3. The molecule has 0 amide bonds. The van der Waals surface area contributed by atoms with Gasteiger partial charge < -0.3 is 9.13 Å². The second kappa shape index (κ2) is 14.7. The Morgan fingerprint density at radius 1 is 0.429 bits per heavy atom. The van der Waals surface area contributed by atoms with Crippen molar-refractivity contribution in [2.24, 2.45) is 0 Å². The zero-order chi connectivity index (χ0) is 46.4. The molecular weight excluding hydrogens is 909 g/mol. The Labute approximate surface area is 412 Å². The van der Waals surface area contributed by atoms with Crippen LogP contribution in [0.15, 0.2) is 188 Å². The van der Waals surface area contributed by atoms with Gasteiger partial charge in [-0.1, -0.05) is 164 Å². The Morgan fingerprint density at radius 3 is 1.44 bits per heavy atom. The minimum absolute atomic E-state index is 0.428. The maximum Gasteiger partial charge on any atom is 0.221 e. The van der Waals surface area contributed by atoms with E-state index in [4.69, 9.17) is 4.85 Å². The molecule has 0 aliphatic rings. The van der Waals surface area contributed by atoms with Crippen molar-refractivity contribution in [3.63, 3.8) is 0 Å². The van der Waals surface area contributed by atoms with Crippen molar-refractivity contribution in [1.82, 2.24) is 9.13 Å². The number of hydrogen-bond donors (Lipinski definition) is 0. The number of thiophene rings is 3. The molecule has 0 fully saturated rings. The van der Waals surface area contributed by atoms with E-state index in [0.717, 1.165) is 91.7 Å². The summed E-state index contributed by atoms with van der Waals surface area (Å²) in [6, 6.07) is 69.9. The van der Waals surface area contributed by atoms with E-state index in [2.05, 4.69) is 198 Å². The molecule has 5 heterocycles. The Hall–Kier alpha value is -8.56. The summed E-state index contributed by atoms with van der Waals surface area (Å²) in [5.74, 6) is 0. The molecule has 4 nitrogen and oxygen atoms in total. The summed E-state index contributed by atoms with van der Waals surface area (Å²) in [7, 11) is 0. The Kier molecular flexibility index (Phi) is 8.29. The molecule has 0 N–H and O–H groups in total. The second-order valence-corrected chi connectivity index (χ2v) is 21.3. The Bertz CT molecular complexity index is 4650. The van der Waals surface area contributed by atoms with E-state index in [-0.39, 0.29) is 0 Å². The first-order valence-corrected chi connectivity index (χ1v) is 25.7. The topological polar surface area (TPSA) is 38.0 Å². The minimum Gasteiger partial charge on any atom is -0.315 e. The molecule has 5 aromatic heterocycles. The van der Waals surface area contributed by atoms with Gasteiger partial charge in [-0.15, -0.1) is 34.0 Å². The minimum atomic E-state index is 0.428. The molecule has 0 aliphatic carbocycles. The van der Waals surface area contributed by atoms with Gasteiger partial charge in [0, 0.05) is 79.1 Å². The molecule has 324 valence electrons. The van der Waals surface area contributed by atoms with Gasteiger partial charge in [-0.05, 0) is 47.9 Å². The average Bonchev–Trinajstić information content (AvgIpc) is 4.22. The lowest BCUT2D eigenvalue weighted by Crippen LogP contribution is -2.08. The van der Waals surface area contributed by atoms with Crippen LogP contribution < -0.4 is 0 Å². The highest BCUT2D eigenvalue weighted by molar-refractivity contribution is 7.27. The lowest BCUT2D eigenvalue weighted by Gasteiger charge is -2.26. The zero-order valence-corrected chi connectivity index (χ0v) is 39.9. The van der Waals surface area contributed by atoms with E-state index in [9.17, 15) is 11.8 Å². The molecular formula is C63H34N4S3. The summed E-state index contributed by atoms with van der Waals surface area (Å²) in [6.45, 7) is 11.8. The number of para-hydroxylation sites is 1. The number of aromatic nitrogens is 2. The molecule has 0 saturated carbocycles. The number of nitriles is 1. The van der Waals surface area contributed by atoms with E-state index in [1.807, 2.05) is 23.5 Å². The maximum atomic E-state index is 12.3. The van der Waals surface area contributed by atoms with Crippen molar-refractivity contribution in [2.45, 2.75) is 6.92 Å². The van der Waals surface area contributed by atoms with Gasteiger partial charge in [0.15, 0.2) is 0 Å². The first kappa shape index (κ1) is 39.4. The lowest BCUT2D eigenvalue weighted by atomic mass is 9.88. The summed E-state index contributed by atoms with van der Waals surface area (Å²) < 4.78 is 11.8. The lowest BCUT2D eigenvalue weighted by molar-refractivity contribution is 1.15. The van der Waals surface area contributed by atoms with Crippen LogP contribution in [0.2, 0.25) is 0 Å². The molecule has 15 aromatic rings. The van der Waals surface area contributed by atoms with Crippen LogP contribution in [0, 0.1) is 24.8 Å². The van der Waals surface area contributed by atoms with Gasteiger partial charge in [0.2, 0.25) is 5.69 Å². The van der Waals surface area contributed by atoms with Crippen molar-refractivity contribution in [3.8, 4) is 39.7 Å². The normalized spacial score (nSPS) is 12.0. The van der Waals surface area contributed by atoms with Crippen LogP contribution in [0.3, 0.4) is 0 Å². The van der Waals surface area contributed by atoms with Crippen molar-refractivity contribution < 1.29 is 0 Å². The number of fused-ring (bicyclic) bond motifs is 18. The summed E-state index contributed by atoms with van der Waals surface area (Å²) in [5.41, 5.74) is 10.9. The van der Waals surface area contributed by atoms with Gasteiger partial charge >= 0.3 is 0 Å². The van der Waals surface area contributed by atoms with E-state index < -0.39 is 0 Å².